The van der Waals surface area contributed by atoms with Crippen LogP contribution < -0.4 is 0 Å². The van der Waals surface area contributed by atoms with Gasteiger partial charge in [-0.25, -0.2) is 0 Å². The quantitative estimate of drug-likeness (QED) is 0.419. The molecule has 3 aromatic carbocycles. The summed E-state index contributed by atoms with van der Waals surface area (Å²) in [5, 5.41) is 2.40. The molecule has 4 heteroatoms. The van der Waals surface area contributed by atoms with Crippen LogP contribution in [0.2, 0.25) is 0 Å². The second-order valence-corrected chi connectivity index (χ2v) is 8.23. The first-order valence-electron chi connectivity index (χ1n) is 10.4. The van der Waals surface area contributed by atoms with Gasteiger partial charge in [0.05, 0.1) is 5.69 Å². The lowest BCUT2D eigenvalue weighted by Crippen LogP contribution is -2.50. The first kappa shape index (κ1) is 16.1. The summed E-state index contributed by atoms with van der Waals surface area (Å²) in [7, 11) is 0. The molecule has 0 spiro atoms. The van der Waals surface area contributed by atoms with Gasteiger partial charge in [0.2, 0.25) is 0 Å². The molecule has 2 aromatic heterocycles. The molecule has 4 nitrogen and oxygen atoms in total. The molecule has 30 heavy (non-hydrogen) atoms. The minimum absolute atomic E-state index is 0.111. The van der Waals surface area contributed by atoms with Crippen LogP contribution in [0.1, 0.15) is 32.7 Å². The summed E-state index contributed by atoms with van der Waals surface area (Å²) in [5.41, 5.74) is 6.99. The van der Waals surface area contributed by atoms with E-state index in [-0.39, 0.29) is 5.91 Å². The van der Waals surface area contributed by atoms with E-state index in [9.17, 15) is 4.79 Å². The van der Waals surface area contributed by atoms with E-state index in [4.69, 9.17) is 0 Å². The number of rotatable bonds is 1. The van der Waals surface area contributed by atoms with E-state index in [1.165, 1.54) is 10.9 Å². The van der Waals surface area contributed by atoms with Crippen molar-refractivity contribution in [2.45, 2.75) is 12.0 Å². The van der Waals surface area contributed by atoms with Gasteiger partial charge in [-0.2, -0.15) is 0 Å². The van der Waals surface area contributed by atoms with Gasteiger partial charge in [-0.3, -0.25) is 4.79 Å². The molecule has 0 fully saturated rings. The molecular weight excluding hydrogens is 370 g/mol. The maximum absolute atomic E-state index is 13.6. The highest BCUT2D eigenvalue weighted by atomic mass is 16.2. The van der Waals surface area contributed by atoms with Crippen molar-refractivity contribution in [2.24, 2.45) is 0 Å². The number of nitrogens with zero attached hydrogens (tertiary/aromatic N) is 1. The van der Waals surface area contributed by atoms with E-state index < -0.39 is 5.54 Å². The number of para-hydroxylation sites is 2. The van der Waals surface area contributed by atoms with Crippen LogP contribution in [0.15, 0.2) is 79.0 Å². The number of aromatic nitrogens is 2. The van der Waals surface area contributed by atoms with Crippen molar-refractivity contribution < 1.29 is 4.79 Å². The largest absolute Gasteiger partial charge is 0.361 e. The van der Waals surface area contributed by atoms with Crippen LogP contribution in [-0.2, 0) is 12.0 Å². The molecule has 0 saturated carbocycles. The number of carbonyl (C=O) groups excluding carboxylic acids is 1. The Morgan fingerprint density at radius 3 is 2.43 bits per heavy atom. The third-order valence-electron chi connectivity index (χ3n) is 6.94. The number of amides is 1. The van der Waals surface area contributed by atoms with Crippen molar-refractivity contribution in [3.63, 3.8) is 0 Å². The van der Waals surface area contributed by atoms with Gasteiger partial charge in [0.15, 0.2) is 0 Å². The van der Waals surface area contributed by atoms with Crippen molar-refractivity contribution in [3.05, 3.63) is 107 Å². The van der Waals surface area contributed by atoms with Crippen molar-refractivity contribution in [3.8, 4) is 0 Å². The number of H-pyrrole nitrogens is 2. The maximum atomic E-state index is 13.6. The lowest BCUT2D eigenvalue weighted by molar-refractivity contribution is 0.0657. The minimum Gasteiger partial charge on any atom is -0.361 e. The summed E-state index contributed by atoms with van der Waals surface area (Å²) in [6.45, 7) is 0.696. The average Bonchev–Trinajstić information content (AvgIpc) is 3.46. The summed E-state index contributed by atoms with van der Waals surface area (Å²) in [4.78, 5) is 22.9. The Morgan fingerprint density at radius 2 is 1.53 bits per heavy atom. The monoisotopic (exact) mass is 389 g/mol. The van der Waals surface area contributed by atoms with E-state index in [0.717, 1.165) is 45.2 Å². The number of aromatic amines is 2. The first-order chi connectivity index (χ1) is 14.8. The molecule has 0 aliphatic carbocycles. The van der Waals surface area contributed by atoms with E-state index in [1.807, 2.05) is 24.3 Å². The lowest BCUT2D eigenvalue weighted by atomic mass is 9.76. The zero-order valence-electron chi connectivity index (χ0n) is 16.3. The first-order valence-corrected chi connectivity index (χ1v) is 10.4. The zero-order valence-corrected chi connectivity index (χ0v) is 16.3. The molecule has 1 amide bonds. The second kappa shape index (κ2) is 5.42. The highest BCUT2D eigenvalue weighted by Gasteiger charge is 2.56. The topological polar surface area (TPSA) is 51.9 Å². The number of nitrogens with one attached hydrogen (secondary N) is 2. The molecule has 144 valence electrons. The van der Waals surface area contributed by atoms with Crippen LogP contribution in [-0.4, -0.2) is 27.3 Å². The number of carbonyl (C=O) groups is 1. The molecule has 0 saturated heterocycles. The Kier molecular flexibility index (Phi) is 2.90. The summed E-state index contributed by atoms with van der Waals surface area (Å²) < 4.78 is 0. The molecule has 0 radical (unpaired) electrons. The van der Waals surface area contributed by atoms with E-state index in [1.54, 1.807) is 0 Å². The van der Waals surface area contributed by atoms with Crippen LogP contribution in [0.25, 0.3) is 21.8 Å². The number of fused-ring (bicyclic) bond motifs is 8. The third-order valence-corrected chi connectivity index (χ3v) is 6.94. The fourth-order valence-corrected chi connectivity index (χ4v) is 5.76. The smallest absolute Gasteiger partial charge is 0.255 e. The predicted molar refractivity (Wildman–Crippen MR) is 118 cm³/mol. The average molecular weight is 389 g/mol. The van der Waals surface area contributed by atoms with E-state index in [2.05, 4.69) is 69.6 Å². The standard InChI is InChI=1S/C26H19N3O/c30-25-19-9-1-4-10-20(19)26(21-15-27-22-11-5-3-8-18(21)22)24-17(13-14-29(25)26)16-7-2-6-12-23(16)28-24/h1-12,15,27-28H,13-14H2/t26-/m1/s1. The molecule has 0 unspecified atom stereocenters. The lowest BCUT2D eigenvalue weighted by Gasteiger charge is -2.43. The Labute approximate surface area is 173 Å². The predicted octanol–water partition coefficient (Wildman–Crippen LogP) is 4.95. The van der Waals surface area contributed by atoms with Gasteiger partial charge in [-0.15, -0.1) is 0 Å². The van der Waals surface area contributed by atoms with Gasteiger partial charge >= 0.3 is 0 Å². The highest BCUT2D eigenvalue weighted by Crippen LogP contribution is 2.54. The second-order valence-electron chi connectivity index (χ2n) is 8.23. The van der Waals surface area contributed by atoms with Crippen LogP contribution in [0.4, 0.5) is 0 Å². The van der Waals surface area contributed by atoms with Crippen LogP contribution in [0.5, 0.6) is 0 Å². The molecular formula is C26H19N3O. The van der Waals surface area contributed by atoms with Crippen molar-refractivity contribution in [1.82, 2.24) is 14.9 Å². The SMILES string of the molecule is O=C1c2ccccc2[C@@]2(c3c[nH]c4ccccc34)c3[nH]c4ccccc4c3CCN12. The van der Waals surface area contributed by atoms with Gasteiger partial charge < -0.3 is 14.9 Å². The molecule has 5 aromatic rings. The van der Waals surface area contributed by atoms with Gasteiger partial charge in [0.1, 0.15) is 5.54 Å². The number of benzene rings is 3. The molecule has 7 rings (SSSR count). The molecule has 2 N–H and O–H groups in total. The summed E-state index contributed by atoms with van der Waals surface area (Å²) in [5.74, 6) is 0.111. The normalized spacial score (nSPS) is 19.9. The van der Waals surface area contributed by atoms with Gasteiger partial charge in [-0.05, 0) is 30.2 Å². The van der Waals surface area contributed by atoms with Gasteiger partial charge in [0.25, 0.3) is 5.91 Å². The Hall–Kier alpha value is -3.79. The van der Waals surface area contributed by atoms with Crippen LogP contribution in [0.3, 0.4) is 0 Å². The Morgan fingerprint density at radius 1 is 0.800 bits per heavy atom. The maximum Gasteiger partial charge on any atom is 0.255 e. The van der Waals surface area contributed by atoms with E-state index in [0.29, 0.717) is 6.54 Å². The van der Waals surface area contributed by atoms with Crippen molar-refractivity contribution >= 4 is 27.7 Å². The Bertz CT molecular complexity index is 1490. The van der Waals surface area contributed by atoms with Gasteiger partial charge in [-0.1, -0.05) is 54.6 Å². The summed E-state index contributed by atoms with van der Waals surface area (Å²) in [6, 6.07) is 24.9. The molecule has 0 bridgehead atoms. The zero-order chi connectivity index (χ0) is 19.9. The minimum atomic E-state index is -0.653. The molecule has 2 aliphatic heterocycles. The number of hydrogen-bond acceptors (Lipinski definition) is 1. The molecule has 2 aliphatic rings. The van der Waals surface area contributed by atoms with Crippen LogP contribution >= 0.6 is 0 Å². The van der Waals surface area contributed by atoms with Crippen molar-refractivity contribution in [2.75, 3.05) is 6.54 Å². The van der Waals surface area contributed by atoms with E-state index >= 15 is 0 Å². The van der Waals surface area contributed by atoms with Crippen molar-refractivity contribution in [1.29, 1.82) is 0 Å². The third kappa shape index (κ3) is 1.71. The van der Waals surface area contributed by atoms with Crippen LogP contribution in [0, 0.1) is 0 Å². The molecule has 4 heterocycles. The fraction of sp³-hybridized carbons (Fsp3) is 0.115. The van der Waals surface area contributed by atoms with Gasteiger partial charge in [0, 0.05) is 51.2 Å². The fourth-order valence-electron chi connectivity index (χ4n) is 5.76. The number of hydrogen-bond donors (Lipinski definition) is 2. The summed E-state index contributed by atoms with van der Waals surface area (Å²) >= 11 is 0. The summed E-state index contributed by atoms with van der Waals surface area (Å²) in [6.07, 6.45) is 2.94. The highest BCUT2D eigenvalue weighted by molar-refractivity contribution is 6.04. The molecule has 1 atom stereocenters. The Balaban J connectivity index is 1.69.